The average molecular weight is 465 g/mol. The van der Waals surface area contributed by atoms with Gasteiger partial charge in [0.1, 0.15) is 17.3 Å². The van der Waals surface area contributed by atoms with Crippen molar-refractivity contribution in [3.05, 3.63) is 87.1 Å². The van der Waals surface area contributed by atoms with E-state index in [1.807, 2.05) is 12.1 Å². The van der Waals surface area contributed by atoms with Crippen LogP contribution in [0.25, 0.3) is 22.3 Å². The number of H-pyrrole nitrogens is 1. The minimum absolute atomic E-state index is 0.190. The molecule has 0 aliphatic heterocycles. The molecule has 0 aliphatic carbocycles. The largest absolute Gasteiger partial charge is 0.462 e. The van der Waals surface area contributed by atoms with Crippen molar-refractivity contribution in [3.63, 3.8) is 0 Å². The van der Waals surface area contributed by atoms with E-state index in [0.717, 1.165) is 10.0 Å². The number of fused-ring (bicyclic) bond motifs is 1. The van der Waals surface area contributed by atoms with Gasteiger partial charge in [-0.3, -0.25) is 4.79 Å². The van der Waals surface area contributed by atoms with Crippen molar-refractivity contribution in [2.45, 2.75) is 6.92 Å². The molecule has 150 valence electrons. The van der Waals surface area contributed by atoms with Crippen molar-refractivity contribution in [1.82, 2.24) is 9.97 Å². The van der Waals surface area contributed by atoms with Crippen molar-refractivity contribution >= 4 is 32.8 Å². The molecule has 0 bridgehead atoms. The average Bonchev–Trinajstić information content (AvgIpc) is 2.74. The number of nitrogens with one attached hydrogen (secondary N) is 1. The Kier molecular flexibility index (Phi) is 5.63. The Bertz CT molecular complexity index is 1280. The summed E-state index contributed by atoms with van der Waals surface area (Å²) in [7, 11) is 0. The Morgan fingerprint density at radius 3 is 2.50 bits per heavy atom. The lowest BCUT2D eigenvalue weighted by molar-refractivity contribution is 0.0526. The highest BCUT2D eigenvalue weighted by Crippen LogP contribution is 2.32. The molecule has 0 spiro atoms. The maximum absolute atomic E-state index is 12.3. The molecule has 0 aliphatic rings. The molecular formula is C23H17BrN2O4. The molecule has 6 nitrogen and oxygen atoms in total. The fourth-order valence-electron chi connectivity index (χ4n) is 2.97. The van der Waals surface area contributed by atoms with Crippen LogP contribution in [0, 0.1) is 0 Å². The normalized spacial score (nSPS) is 10.7. The molecule has 1 heterocycles. The SMILES string of the molecule is CCOC(=O)c1ccc(Oc2ccc(-c3nc4ccccc4c(=O)[nH]3)c(Br)c2)cc1. The molecule has 0 unspecified atom stereocenters. The first kappa shape index (κ1) is 19.8. The number of hydrogen-bond acceptors (Lipinski definition) is 5. The van der Waals surface area contributed by atoms with Crippen molar-refractivity contribution in [1.29, 1.82) is 0 Å². The van der Waals surface area contributed by atoms with Crippen LogP contribution in [0.5, 0.6) is 11.5 Å². The molecular weight excluding hydrogens is 448 g/mol. The smallest absolute Gasteiger partial charge is 0.338 e. The number of benzene rings is 3. The summed E-state index contributed by atoms with van der Waals surface area (Å²) >= 11 is 3.53. The molecule has 0 saturated carbocycles. The van der Waals surface area contributed by atoms with Gasteiger partial charge in [-0.05, 0) is 77.5 Å². The van der Waals surface area contributed by atoms with Gasteiger partial charge in [-0.15, -0.1) is 0 Å². The van der Waals surface area contributed by atoms with Crippen LogP contribution in [-0.4, -0.2) is 22.5 Å². The number of aromatic amines is 1. The molecule has 0 saturated heterocycles. The Morgan fingerprint density at radius 1 is 1.03 bits per heavy atom. The number of halogens is 1. The molecule has 0 radical (unpaired) electrons. The zero-order valence-electron chi connectivity index (χ0n) is 16.0. The Labute approximate surface area is 180 Å². The van der Waals surface area contributed by atoms with E-state index in [1.54, 1.807) is 61.5 Å². The number of hydrogen-bond donors (Lipinski definition) is 1. The van der Waals surface area contributed by atoms with E-state index in [9.17, 15) is 9.59 Å². The van der Waals surface area contributed by atoms with Crippen LogP contribution in [0.3, 0.4) is 0 Å². The fourth-order valence-corrected chi connectivity index (χ4v) is 3.52. The number of carbonyl (C=O) groups excluding carboxylic acids is 1. The van der Waals surface area contributed by atoms with Crippen LogP contribution < -0.4 is 10.3 Å². The maximum atomic E-state index is 12.3. The van der Waals surface area contributed by atoms with Crippen LogP contribution in [0.4, 0.5) is 0 Å². The predicted octanol–water partition coefficient (Wildman–Crippen LogP) is 5.32. The number of ether oxygens (including phenoxy) is 2. The van der Waals surface area contributed by atoms with E-state index in [4.69, 9.17) is 9.47 Å². The van der Waals surface area contributed by atoms with Crippen molar-refractivity contribution < 1.29 is 14.3 Å². The van der Waals surface area contributed by atoms with E-state index < -0.39 is 0 Å². The summed E-state index contributed by atoms with van der Waals surface area (Å²) in [4.78, 5) is 31.5. The third-order valence-electron chi connectivity index (χ3n) is 4.41. The number of rotatable bonds is 5. The summed E-state index contributed by atoms with van der Waals surface area (Å²) < 4.78 is 11.6. The van der Waals surface area contributed by atoms with Gasteiger partial charge in [-0.25, -0.2) is 9.78 Å². The lowest BCUT2D eigenvalue weighted by atomic mass is 10.2. The Balaban J connectivity index is 1.58. The summed E-state index contributed by atoms with van der Waals surface area (Å²) in [6.45, 7) is 2.09. The van der Waals surface area contributed by atoms with E-state index >= 15 is 0 Å². The number of para-hydroxylation sites is 1. The van der Waals surface area contributed by atoms with Gasteiger partial charge in [0, 0.05) is 10.0 Å². The number of aromatic nitrogens is 2. The van der Waals surface area contributed by atoms with Crippen LogP contribution in [-0.2, 0) is 4.74 Å². The Morgan fingerprint density at radius 2 is 1.77 bits per heavy atom. The summed E-state index contributed by atoms with van der Waals surface area (Å²) in [5.74, 6) is 1.28. The van der Waals surface area contributed by atoms with Crippen molar-refractivity contribution in [2.24, 2.45) is 0 Å². The van der Waals surface area contributed by atoms with E-state index in [0.29, 0.717) is 40.4 Å². The third-order valence-corrected chi connectivity index (χ3v) is 5.07. The second-order valence-electron chi connectivity index (χ2n) is 6.42. The summed E-state index contributed by atoms with van der Waals surface area (Å²) in [5, 5.41) is 0.545. The van der Waals surface area contributed by atoms with Crippen molar-refractivity contribution in [3.8, 4) is 22.9 Å². The number of nitrogens with zero attached hydrogens (tertiary/aromatic N) is 1. The summed E-state index contributed by atoms with van der Waals surface area (Å²) in [5.41, 5.74) is 1.64. The van der Waals surface area contributed by atoms with Crippen LogP contribution in [0.2, 0.25) is 0 Å². The third kappa shape index (κ3) is 4.11. The second-order valence-corrected chi connectivity index (χ2v) is 7.27. The fraction of sp³-hybridized carbons (Fsp3) is 0.0870. The van der Waals surface area contributed by atoms with Gasteiger partial charge in [-0.2, -0.15) is 0 Å². The van der Waals surface area contributed by atoms with E-state index in [-0.39, 0.29) is 11.5 Å². The van der Waals surface area contributed by atoms with E-state index in [2.05, 4.69) is 25.9 Å². The topological polar surface area (TPSA) is 81.3 Å². The predicted molar refractivity (Wildman–Crippen MR) is 118 cm³/mol. The maximum Gasteiger partial charge on any atom is 0.338 e. The Hall–Kier alpha value is -3.45. The first-order valence-electron chi connectivity index (χ1n) is 9.29. The highest BCUT2D eigenvalue weighted by atomic mass is 79.9. The zero-order valence-corrected chi connectivity index (χ0v) is 17.6. The second kappa shape index (κ2) is 8.51. The molecule has 1 aromatic heterocycles. The molecule has 4 rings (SSSR count). The molecule has 1 N–H and O–H groups in total. The van der Waals surface area contributed by atoms with Gasteiger partial charge in [-0.1, -0.05) is 12.1 Å². The molecule has 0 fully saturated rings. The molecule has 3 aromatic carbocycles. The van der Waals surface area contributed by atoms with Gasteiger partial charge in [0.2, 0.25) is 0 Å². The number of carbonyl (C=O) groups is 1. The summed E-state index contributed by atoms with van der Waals surface area (Å²) in [6, 6.07) is 19.3. The summed E-state index contributed by atoms with van der Waals surface area (Å²) in [6.07, 6.45) is 0. The van der Waals surface area contributed by atoms with Crippen molar-refractivity contribution in [2.75, 3.05) is 6.61 Å². The van der Waals surface area contributed by atoms with Crippen LogP contribution >= 0.6 is 15.9 Å². The minimum atomic E-state index is -0.368. The highest BCUT2D eigenvalue weighted by molar-refractivity contribution is 9.10. The van der Waals surface area contributed by atoms with Crippen LogP contribution in [0.15, 0.2) is 76.0 Å². The molecule has 0 amide bonds. The monoisotopic (exact) mass is 464 g/mol. The van der Waals surface area contributed by atoms with Gasteiger partial charge in [0.25, 0.3) is 5.56 Å². The lowest BCUT2D eigenvalue weighted by Gasteiger charge is -2.10. The van der Waals surface area contributed by atoms with Crippen LogP contribution in [0.1, 0.15) is 17.3 Å². The number of esters is 1. The van der Waals surface area contributed by atoms with E-state index in [1.165, 1.54) is 0 Å². The first-order chi connectivity index (χ1) is 14.5. The standard InChI is InChI=1S/C23H17BrN2O4/c1-2-29-23(28)14-7-9-15(10-8-14)30-16-11-12-17(19(24)13-16)21-25-20-6-4-3-5-18(20)22(27)26-21/h3-13H,2H2,1H3,(H,25,26,27). The quantitative estimate of drug-likeness (QED) is 0.404. The van der Waals surface area contributed by atoms with Gasteiger partial charge >= 0.3 is 5.97 Å². The van der Waals surface area contributed by atoms with Gasteiger partial charge < -0.3 is 14.5 Å². The first-order valence-corrected chi connectivity index (χ1v) is 10.1. The van der Waals surface area contributed by atoms with Gasteiger partial charge in [0.15, 0.2) is 0 Å². The lowest BCUT2D eigenvalue weighted by Crippen LogP contribution is -2.09. The zero-order chi connectivity index (χ0) is 21.1. The molecule has 4 aromatic rings. The molecule has 30 heavy (non-hydrogen) atoms. The molecule has 0 atom stereocenters. The minimum Gasteiger partial charge on any atom is -0.462 e. The highest BCUT2D eigenvalue weighted by Gasteiger charge is 2.11. The molecule has 7 heteroatoms. The van der Waals surface area contributed by atoms with Gasteiger partial charge in [0.05, 0.1) is 23.1 Å².